The summed E-state index contributed by atoms with van der Waals surface area (Å²) in [4.78, 5) is 89.4. The Hall–Kier alpha value is -4.45. The van der Waals surface area contributed by atoms with Gasteiger partial charge >= 0.3 is 0 Å². The van der Waals surface area contributed by atoms with E-state index in [1.54, 1.807) is 19.3 Å². The van der Waals surface area contributed by atoms with Gasteiger partial charge in [-0.1, -0.05) is 0 Å². The van der Waals surface area contributed by atoms with Crippen molar-refractivity contribution in [3.8, 4) is 0 Å². The van der Waals surface area contributed by atoms with Gasteiger partial charge in [-0.25, -0.2) is 9.97 Å². The standard InChI is InChI=1S/C17H24N6O4S.C11H17N5O2/c1-9-15(25)22-12(7-28-9)16(26)21-11(5-10-6-19-8-20-10)17(27)23-4-2-3-13(23)14(18)24;12-8(4-7-5-14-6-15-7)11(18)16-3-1-2-9(16)10(13)17/h6,8-9,11-13H,2-5,7H2,1H3,(H2,18,24)(H,19,20)(H,21,26)(H,22,25);5-6,8-9H,1-4,12H2,(H2,13,17)(H,14,15)/t9?,11-,12?,13-;8-,9-/m00/s1. The molecule has 0 aromatic carbocycles. The molecule has 6 amide bonds. The minimum atomic E-state index is -0.906. The first-order chi connectivity index (χ1) is 22.0. The summed E-state index contributed by atoms with van der Waals surface area (Å²) in [5, 5.41) is 5.19. The summed E-state index contributed by atoms with van der Waals surface area (Å²) >= 11 is 1.39. The first-order valence-electron chi connectivity index (χ1n) is 15.1. The Morgan fingerprint density at radius 3 is 1.98 bits per heavy atom. The number of rotatable bonds is 10. The Labute approximate surface area is 269 Å². The molecule has 10 N–H and O–H groups in total. The van der Waals surface area contributed by atoms with Gasteiger partial charge in [0.15, 0.2) is 0 Å². The minimum absolute atomic E-state index is 0.167. The monoisotopic (exact) mass is 659 g/mol. The maximum absolute atomic E-state index is 13.1. The highest BCUT2D eigenvalue weighted by molar-refractivity contribution is 8.00. The van der Waals surface area contributed by atoms with E-state index >= 15 is 0 Å². The number of likely N-dealkylation sites (tertiary alicyclic amines) is 2. The smallest absolute Gasteiger partial charge is 0.246 e. The van der Waals surface area contributed by atoms with Gasteiger partial charge in [0.05, 0.1) is 35.3 Å². The number of H-pyrrole nitrogens is 2. The third-order valence-electron chi connectivity index (χ3n) is 8.13. The third kappa shape index (κ3) is 8.63. The molecular weight excluding hydrogens is 618 g/mol. The van der Waals surface area contributed by atoms with Crippen molar-refractivity contribution in [3.63, 3.8) is 0 Å². The summed E-state index contributed by atoms with van der Waals surface area (Å²) in [6, 6.07) is -3.49. The van der Waals surface area contributed by atoms with Gasteiger partial charge in [-0.3, -0.25) is 28.8 Å². The van der Waals surface area contributed by atoms with E-state index in [2.05, 4.69) is 30.6 Å². The average molecular weight is 660 g/mol. The number of carbonyl (C=O) groups excluding carboxylic acids is 6. The Balaban J connectivity index is 0.000000230. The molecule has 3 saturated heterocycles. The number of hydrogen-bond acceptors (Lipinski definition) is 10. The summed E-state index contributed by atoms with van der Waals surface area (Å²) in [6.07, 6.45) is 9.47. The molecule has 2 aromatic rings. The number of nitrogens with zero attached hydrogens (tertiary/aromatic N) is 4. The van der Waals surface area contributed by atoms with Gasteiger partial charge in [0.25, 0.3) is 0 Å². The van der Waals surface area contributed by atoms with Crippen molar-refractivity contribution in [2.24, 2.45) is 17.2 Å². The number of nitrogens with two attached hydrogens (primary N) is 3. The van der Waals surface area contributed by atoms with Crippen molar-refractivity contribution in [1.29, 1.82) is 0 Å². The quantitative estimate of drug-likeness (QED) is 0.139. The van der Waals surface area contributed by atoms with E-state index in [0.717, 1.165) is 12.1 Å². The number of nitrogens with one attached hydrogen (secondary N) is 4. The fraction of sp³-hybridized carbons (Fsp3) is 0.571. The largest absolute Gasteiger partial charge is 0.368 e. The van der Waals surface area contributed by atoms with E-state index in [1.165, 1.54) is 34.2 Å². The SMILES string of the molecule is CC1SCC(C(=O)N[C@@H](Cc2c[nH]cn2)C(=O)N2CCC[C@H]2C(N)=O)NC1=O.NC(=O)[C@@H]1CCCN1C(=O)[C@@H](N)Cc1c[nH]cn1. The van der Waals surface area contributed by atoms with Crippen LogP contribution in [0.3, 0.4) is 0 Å². The number of amides is 6. The van der Waals surface area contributed by atoms with Crippen LogP contribution in [0.15, 0.2) is 25.0 Å². The van der Waals surface area contributed by atoms with Crippen LogP contribution < -0.4 is 27.8 Å². The highest BCUT2D eigenvalue weighted by Crippen LogP contribution is 2.21. The average Bonchev–Trinajstić information content (AvgIpc) is 3.85. The highest BCUT2D eigenvalue weighted by Gasteiger charge is 2.39. The lowest BCUT2D eigenvalue weighted by molar-refractivity contribution is -0.141. The predicted octanol–water partition coefficient (Wildman–Crippen LogP) is -2.71. The number of thioether (sulfide) groups is 1. The maximum atomic E-state index is 13.1. The van der Waals surface area contributed by atoms with Crippen LogP contribution in [0.1, 0.15) is 44.0 Å². The summed E-state index contributed by atoms with van der Waals surface area (Å²) in [7, 11) is 0. The molecule has 18 heteroatoms. The van der Waals surface area contributed by atoms with Crippen LogP contribution in [-0.4, -0.2) is 119 Å². The first kappa shape index (κ1) is 34.4. The molecule has 46 heavy (non-hydrogen) atoms. The second-order valence-corrected chi connectivity index (χ2v) is 12.8. The number of imidazole rings is 2. The van der Waals surface area contributed by atoms with Gasteiger partial charge in [-0.2, -0.15) is 0 Å². The van der Waals surface area contributed by atoms with Crippen molar-refractivity contribution >= 4 is 47.2 Å². The van der Waals surface area contributed by atoms with Crippen molar-refractivity contribution < 1.29 is 28.8 Å². The molecule has 0 aliphatic carbocycles. The Morgan fingerprint density at radius 2 is 1.48 bits per heavy atom. The van der Waals surface area contributed by atoms with E-state index in [9.17, 15) is 28.8 Å². The fourth-order valence-corrected chi connectivity index (χ4v) is 6.59. The lowest BCUT2D eigenvalue weighted by Gasteiger charge is -2.30. The molecule has 6 atom stereocenters. The van der Waals surface area contributed by atoms with Crippen LogP contribution in [0.5, 0.6) is 0 Å². The molecular formula is C28H41N11O6S. The maximum Gasteiger partial charge on any atom is 0.246 e. The van der Waals surface area contributed by atoms with Gasteiger partial charge in [-0.15, -0.1) is 11.8 Å². The van der Waals surface area contributed by atoms with Crippen LogP contribution in [-0.2, 0) is 41.6 Å². The van der Waals surface area contributed by atoms with E-state index in [4.69, 9.17) is 17.2 Å². The number of primary amides is 2. The molecule has 3 aliphatic heterocycles. The molecule has 0 radical (unpaired) electrons. The van der Waals surface area contributed by atoms with E-state index in [1.807, 2.05) is 0 Å². The van der Waals surface area contributed by atoms with Crippen LogP contribution in [0.25, 0.3) is 0 Å². The van der Waals surface area contributed by atoms with Gasteiger partial charge in [0.2, 0.25) is 35.4 Å². The Kier molecular flexibility index (Phi) is 11.8. The number of aromatic amines is 2. The summed E-state index contributed by atoms with van der Waals surface area (Å²) in [5.41, 5.74) is 17.9. The minimum Gasteiger partial charge on any atom is -0.368 e. The van der Waals surface area contributed by atoms with Crippen molar-refractivity contribution in [2.45, 2.75) is 80.9 Å². The molecule has 5 heterocycles. The van der Waals surface area contributed by atoms with E-state index in [-0.39, 0.29) is 29.4 Å². The van der Waals surface area contributed by atoms with Crippen LogP contribution >= 0.6 is 11.8 Å². The molecule has 3 fully saturated rings. The number of aromatic nitrogens is 4. The Bertz CT molecular complexity index is 1390. The molecule has 3 aliphatic rings. The summed E-state index contributed by atoms with van der Waals surface area (Å²) in [6.45, 7) is 2.73. The summed E-state index contributed by atoms with van der Waals surface area (Å²) < 4.78 is 0. The van der Waals surface area contributed by atoms with Gasteiger partial charge in [0.1, 0.15) is 24.2 Å². The lowest BCUT2D eigenvalue weighted by Crippen LogP contribution is -2.59. The molecule has 5 rings (SSSR count). The summed E-state index contributed by atoms with van der Waals surface area (Å²) in [5.74, 6) is -1.85. The molecule has 250 valence electrons. The molecule has 17 nitrogen and oxygen atoms in total. The zero-order chi connectivity index (χ0) is 33.4. The van der Waals surface area contributed by atoms with E-state index < -0.39 is 47.9 Å². The van der Waals surface area contributed by atoms with Gasteiger partial charge in [-0.05, 0) is 32.6 Å². The molecule has 2 aromatic heterocycles. The van der Waals surface area contributed by atoms with Crippen molar-refractivity contribution in [3.05, 3.63) is 36.4 Å². The van der Waals surface area contributed by atoms with Crippen LogP contribution in [0.2, 0.25) is 0 Å². The molecule has 2 unspecified atom stereocenters. The zero-order valence-corrected chi connectivity index (χ0v) is 26.3. The first-order valence-corrected chi connectivity index (χ1v) is 16.1. The second kappa shape index (κ2) is 15.7. The van der Waals surface area contributed by atoms with Crippen LogP contribution in [0, 0.1) is 0 Å². The second-order valence-electron chi connectivity index (χ2n) is 11.4. The molecule has 0 saturated carbocycles. The number of carbonyl (C=O) groups is 6. The zero-order valence-electron chi connectivity index (χ0n) is 25.5. The predicted molar refractivity (Wildman–Crippen MR) is 166 cm³/mol. The van der Waals surface area contributed by atoms with Gasteiger partial charge < -0.3 is 47.6 Å². The van der Waals surface area contributed by atoms with Crippen LogP contribution in [0.4, 0.5) is 0 Å². The van der Waals surface area contributed by atoms with E-state index in [0.29, 0.717) is 50.2 Å². The highest BCUT2D eigenvalue weighted by atomic mass is 32.2. The van der Waals surface area contributed by atoms with Crippen molar-refractivity contribution in [2.75, 3.05) is 18.8 Å². The topological polar surface area (TPSA) is 268 Å². The number of hydrogen-bond donors (Lipinski definition) is 7. The third-order valence-corrected chi connectivity index (χ3v) is 9.37. The Morgan fingerprint density at radius 1 is 0.935 bits per heavy atom. The normalized spacial score (nSPS) is 23.9. The lowest BCUT2D eigenvalue weighted by atomic mass is 10.1. The molecule has 0 bridgehead atoms. The molecule has 0 spiro atoms. The fourth-order valence-electron chi connectivity index (χ4n) is 5.65. The van der Waals surface area contributed by atoms with Crippen molar-refractivity contribution in [1.82, 2.24) is 40.4 Å². The van der Waals surface area contributed by atoms with Gasteiger partial charge in [0, 0.05) is 44.1 Å².